The largest absolute Gasteiger partial charge is 0.262 e. The van der Waals surface area contributed by atoms with E-state index in [0.717, 1.165) is 5.70 Å². The second kappa shape index (κ2) is 12.8. The molecule has 0 aromatic carbocycles. The van der Waals surface area contributed by atoms with E-state index < -0.39 is 0 Å². The Labute approximate surface area is 76.9 Å². The second-order valence-electron chi connectivity index (χ2n) is 2.60. The lowest BCUT2D eigenvalue weighted by molar-refractivity contribution is 0.772. The second-order valence-corrected chi connectivity index (χ2v) is 2.60. The van der Waals surface area contributed by atoms with Crippen LogP contribution in [0.3, 0.4) is 0 Å². The SMILES string of the molecule is C=CC=NC(=C)C.CCCCC. The van der Waals surface area contributed by atoms with Crippen molar-refractivity contribution < 1.29 is 0 Å². The summed E-state index contributed by atoms with van der Waals surface area (Å²) in [6.07, 6.45) is 7.31. The van der Waals surface area contributed by atoms with Crippen LogP contribution < -0.4 is 0 Å². The van der Waals surface area contributed by atoms with Crippen molar-refractivity contribution in [1.82, 2.24) is 0 Å². The molecule has 0 atom stereocenters. The number of allylic oxidation sites excluding steroid dienone is 2. The van der Waals surface area contributed by atoms with Gasteiger partial charge in [0.05, 0.1) is 0 Å². The number of rotatable bonds is 4. The molecular weight excluding hydrogens is 146 g/mol. The Balaban J connectivity index is 0. The Morgan fingerprint density at radius 2 is 1.83 bits per heavy atom. The van der Waals surface area contributed by atoms with Gasteiger partial charge in [0.25, 0.3) is 0 Å². The first kappa shape index (κ1) is 13.7. The van der Waals surface area contributed by atoms with Crippen molar-refractivity contribution in [3.8, 4) is 0 Å². The van der Waals surface area contributed by atoms with Gasteiger partial charge in [-0.05, 0) is 6.92 Å². The molecule has 0 amide bonds. The first-order valence-electron chi connectivity index (χ1n) is 4.49. The quantitative estimate of drug-likeness (QED) is 0.562. The molecule has 1 heteroatoms. The summed E-state index contributed by atoms with van der Waals surface area (Å²) in [5.74, 6) is 0. The Morgan fingerprint density at radius 1 is 1.33 bits per heavy atom. The van der Waals surface area contributed by atoms with E-state index in [4.69, 9.17) is 0 Å². The van der Waals surface area contributed by atoms with Crippen molar-refractivity contribution in [2.75, 3.05) is 0 Å². The number of hydrogen-bond acceptors (Lipinski definition) is 1. The van der Waals surface area contributed by atoms with Gasteiger partial charge in [0, 0.05) is 11.9 Å². The molecule has 0 aliphatic rings. The lowest BCUT2D eigenvalue weighted by atomic mass is 10.3. The summed E-state index contributed by atoms with van der Waals surface area (Å²) in [6, 6.07) is 0. The molecule has 0 radical (unpaired) electrons. The van der Waals surface area contributed by atoms with Crippen LogP contribution in [-0.4, -0.2) is 6.21 Å². The first-order valence-corrected chi connectivity index (χ1v) is 4.49. The molecule has 0 unspecified atom stereocenters. The predicted molar refractivity (Wildman–Crippen MR) is 58.7 cm³/mol. The summed E-state index contributed by atoms with van der Waals surface area (Å²) in [5.41, 5.74) is 0.805. The minimum atomic E-state index is 0.805. The van der Waals surface area contributed by atoms with Crippen LogP contribution in [-0.2, 0) is 0 Å². The molecule has 0 saturated carbocycles. The van der Waals surface area contributed by atoms with Crippen molar-refractivity contribution in [3.05, 3.63) is 24.9 Å². The third kappa shape index (κ3) is 22.9. The lowest BCUT2D eigenvalue weighted by Crippen LogP contribution is -1.62. The Kier molecular flexibility index (Phi) is 14.6. The molecule has 0 aromatic rings. The zero-order valence-corrected chi connectivity index (χ0v) is 8.64. The van der Waals surface area contributed by atoms with E-state index in [1.54, 1.807) is 12.3 Å². The average molecular weight is 167 g/mol. The molecular formula is C11H21N. The maximum absolute atomic E-state index is 3.81. The Morgan fingerprint density at radius 3 is 1.92 bits per heavy atom. The molecule has 0 fully saturated rings. The van der Waals surface area contributed by atoms with E-state index in [1.807, 2.05) is 6.92 Å². The zero-order valence-electron chi connectivity index (χ0n) is 8.64. The average Bonchev–Trinajstić information content (AvgIpc) is 2.03. The topological polar surface area (TPSA) is 12.4 Å². The molecule has 0 spiro atoms. The first-order chi connectivity index (χ1) is 5.68. The molecule has 0 N–H and O–H groups in total. The fourth-order valence-electron chi connectivity index (χ4n) is 0.533. The van der Waals surface area contributed by atoms with Gasteiger partial charge in [0.15, 0.2) is 0 Å². The number of unbranched alkanes of at least 4 members (excludes halogenated alkanes) is 2. The minimum absolute atomic E-state index is 0.805. The number of nitrogens with zero attached hydrogens (tertiary/aromatic N) is 1. The highest BCUT2D eigenvalue weighted by Gasteiger charge is 1.68. The van der Waals surface area contributed by atoms with Gasteiger partial charge in [-0.1, -0.05) is 52.3 Å². The summed E-state index contributed by atoms with van der Waals surface area (Å²) in [4.78, 5) is 3.81. The molecule has 0 heterocycles. The van der Waals surface area contributed by atoms with Crippen LogP contribution in [0.2, 0.25) is 0 Å². The Bertz CT molecular complexity index is 132. The van der Waals surface area contributed by atoms with E-state index in [-0.39, 0.29) is 0 Å². The van der Waals surface area contributed by atoms with Crippen LogP contribution in [0.5, 0.6) is 0 Å². The molecule has 0 bridgehead atoms. The summed E-state index contributed by atoms with van der Waals surface area (Å²) in [5, 5.41) is 0. The smallest absolute Gasteiger partial charge is 0.0300 e. The van der Waals surface area contributed by atoms with Crippen molar-refractivity contribution in [2.24, 2.45) is 4.99 Å². The fraction of sp³-hybridized carbons (Fsp3) is 0.545. The summed E-state index contributed by atoms with van der Waals surface area (Å²) >= 11 is 0. The fourth-order valence-corrected chi connectivity index (χ4v) is 0.533. The van der Waals surface area contributed by atoms with Gasteiger partial charge in [-0.15, -0.1) is 0 Å². The highest BCUT2D eigenvalue weighted by Crippen LogP contribution is 1.88. The lowest BCUT2D eigenvalue weighted by Gasteiger charge is -1.79. The van der Waals surface area contributed by atoms with Crippen LogP contribution >= 0.6 is 0 Å². The van der Waals surface area contributed by atoms with Gasteiger partial charge >= 0.3 is 0 Å². The van der Waals surface area contributed by atoms with Crippen molar-refractivity contribution in [3.63, 3.8) is 0 Å². The van der Waals surface area contributed by atoms with Gasteiger partial charge in [0.1, 0.15) is 0 Å². The van der Waals surface area contributed by atoms with Gasteiger partial charge in [0.2, 0.25) is 0 Å². The number of aliphatic imine (C=N–C) groups is 1. The molecule has 0 aliphatic heterocycles. The highest BCUT2D eigenvalue weighted by atomic mass is 14.7. The van der Waals surface area contributed by atoms with E-state index in [0.29, 0.717) is 0 Å². The van der Waals surface area contributed by atoms with Crippen LogP contribution in [0, 0.1) is 0 Å². The third-order valence-electron chi connectivity index (χ3n) is 1.11. The normalized spacial score (nSPS) is 8.92. The molecule has 1 nitrogen and oxygen atoms in total. The van der Waals surface area contributed by atoms with Crippen molar-refractivity contribution in [1.29, 1.82) is 0 Å². The van der Waals surface area contributed by atoms with Crippen LogP contribution in [0.25, 0.3) is 0 Å². The van der Waals surface area contributed by atoms with Gasteiger partial charge in [-0.2, -0.15) is 0 Å². The molecule has 0 saturated heterocycles. The molecule has 0 aliphatic carbocycles. The van der Waals surface area contributed by atoms with E-state index >= 15 is 0 Å². The molecule has 70 valence electrons. The maximum Gasteiger partial charge on any atom is 0.0300 e. The molecule has 0 rings (SSSR count). The molecule has 12 heavy (non-hydrogen) atoms. The third-order valence-corrected chi connectivity index (χ3v) is 1.11. The summed E-state index contributed by atoms with van der Waals surface area (Å²) < 4.78 is 0. The zero-order chi connectivity index (χ0) is 9.82. The van der Waals surface area contributed by atoms with Crippen LogP contribution in [0.4, 0.5) is 0 Å². The predicted octanol–water partition coefficient (Wildman–Crippen LogP) is 3.97. The minimum Gasteiger partial charge on any atom is -0.262 e. The summed E-state index contributed by atoms with van der Waals surface area (Å²) in [6.45, 7) is 13.2. The standard InChI is InChI=1S/C6H9N.C5H12/c1-4-5-7-6(2)3;1-3-5-4-2/h4-5H,1-2H2,3H3;3-5H2,1-2H3. The van der Waals surface area contributed by atoms with Gasteiger partial charge in [-0.25, -0.2) is 0 Å². The van der Waals surface area contributed by atoms with Gasteiger partial charge < -0.3 is 0 Å². The van der Waals surface area contributed by atoms with Crippen molar-refractivity contribution >= 4 is 6.21 Å². The van der Waals surface area contributed by atoms with E-state index in [9.17, 15) is 0 Å². The van der Waals surface area contributed by atoms with E-state index in [1.165, 1.54) is 19.3 Å². The summed E-state index contributed by atoms with van der Waals surface area (Å²) in [7, 11) is 0. The highest BCUT2D eigenvalue weighted by molar-refractivity contribution is 5.70. The van der Waals surface area contributed by atoms with Crippen LogP contribution in [0.15, 0.2) is 29.9 Å². The maximum atomic E-state index is 3.81. The van der Waals surface area contributed by atoms with E-state index in [2.05, 4.69) is 32.0 Å². The van der Waals surface area contributed by atoms with Crippen LogP contribution in [0.1, 0.15) is 40.0 Å². The van der Waals surface area contributed by atoms with Gasteiger partial charge in [-0.3, -0.25) is 4.99 Å². The molecule has 0 aromatic heterocycles. The monoisotopic (exact) mass is 167 g/mol. The Hall–Kier alpha value is -0.850. The number of hydrogen-bond donors (Lipinski definition) is 0. The van der Waals surface area contributed by atoms with Crippen molar-refractivity contribution in [2.45, 2.75) is 40.0 Å².